The summed E-state index contributed by atoms with van der Waals surface area (Å²) in [6.45, 7) is 7.41. The van der Waals surface area contributed by atoms with E-state index in [2.05, 4.69) is 53.5 Å². The van der Waals surface area contributed by atoms with E-state index >= 15 is 0 Å². The first-order valence-electron chi connectivity index (χ1n) is 9.73. The Bertz CT molecular complexity index is 1010. The van der Waals surface area contributed by atoms with Gasteiger partial charge in [-0.25, -0.2) is 9.97 Å². The lowest BCUT2D eigenvalue weighted by atomic mass is 9.94. The van der Waals surface area contributed by atoms with E-state index in [0.717, 1.165) is 28.0 Å². The summed E-state index contributed by atoms with van der Waals surface area (Å²) >= 11 is 0. The number of nitrogens with one attached hydrogen (secondary N) is 2. The van der Waals surface area contributed by atoms with Crippen LogP contribution >= 0.6 is 24.0 Å². The van der Waals surface area contributed by atoms with Crippen molar-refractivity contribution in [1.29, 1.82) is 0 Å². The van der Waals surface area contributed by atoms with Crippen molar-refractivity contribution in [2.75, 3.05) is 26.0 Å². The number of nitrogens with zero attached hydrogens (tertiary/aromatic N) is 4. The summed E-state index contributed by atoms with van der Waals surface area (Å²) in [5.74, 6) is 3.13. The number of anilines is 1. The second kappa shape index (κ2) is 10.1. The van der Waals surface area contributed by atoms with Crippen molar-refractivity contribution in [1.82, 2.24) is 20.6 Å². The van der Waals surface area contributed by atoms with Gasteiger partial charge in [0.05, 0.1) is 18.3 Å². The number of aromatic nitrogens is 2. The van der Waals surface area contributed by atoms with Crippen LogP contribution in [0.15, 0.2) is 45.9 Å². The molecule has 2 heterocycles. The third-order valence-corrected chi connectivity index (χ3v) is 4.62. The van der Waals surface area contributed by atoms with Gasteiger partial charge < -0.3 is 20.0 Å². The Balaban J connectivity index is 0.00000320. The van der Waals surface area contributed by atoms with Gasteiger partial charge in [-0.1, -0.05) is 39.0 Å². The van der Waals surface area contributed by atoms with E-state index in [1.165, 1.54) is 0 Å². The molecule has 3 rings (SSSR count). The van der Waals surface area contributed by atoms with E-state index in [-0.39, 0.29) is 29.4 Å². The highest BCUT2D eigenvalue weighted by Crippen LogP contribution is 2.23. The van der Waals surface area contributed by atoms with Crippen molar-refractivity contribution < 1.29 is 4.42 Å². The molecule has 0 atom stereocenters. The van der Waals surface area contributed by atoms with Crippen molar-refractivity contribution in [2.24, 2.45) is 4.99 Å². The molecule has 3 aromatic rings. The summed E-state index contributed by atoms with van der Waals surface area (Å²) in [5.41, 5.74) is 2.08. The predicted molar refractivity (Wildman–Crippen MR) is 134 cm³/mol. The van der Waals surface area contributed by atoms with E-state index in [0.29, 0.717) is 24.9 Å². The minimum atomic E-state index is -0.0578. The smallest absolute Gasteiger partial charge is 0.213 e. The fourth-order valence-electron chi connectivity index (χ4n) is 2.90. The fraction of sp³-hybridized carbons (Fsp3) is 0.409. The van der Waals surface area contributed by atoms with Crippen LogP contribution in [-0.4, -0.2) is 37.1 Å². The monoisotopic (exact) mass is 522 g/mol. The highest BCUT2D eigenvalue weighted by atomic mass is 127. The van der Waals surface area contributed by atoms with Crippen molar-refractivity contribution in [2.45, 2.75) is 39.3 Å². The molecule has 8 heteroatoms. The molecular formula is C22H31IN6O. The zero-order valence-corrected chi connectivity index (χ0v) is 20.8. The summed E-state index contributed by atoms with van der Waals surface area (Å²) < 4.78 is 5.84. The van der Waals surface area contributed by atoms with Crippen LogP contribution in [0.25, 0.3) is 10.9 Å². The Labute approximate surface area is 195 Å². The van der Waals surface area contributed by atoms with Crippen LogP contribution in [0.5, 0.6) is 0 Å². The molecule has 0 bridgehead atoms. The molecule has 0 saturated carbocycles. The van der Waals surface area contributed by atoms with E-state index in [1.807, 2.05) is 37.2 Å². The molecule has 7 nitrogen and oxygen atoms in total. The molecule has 0 saturated heterocycles. The summed E-state index contributed by atoms with van der Waals surface area (Å²) in [6, 6.07) is 10.3. The lowest BCUT2D eigenvalue weighted by molar-refractivity contribution is 0.379. The van der Waals surface area contributed by atoms with Gasteiger partial charge in [-0.2, -0.15) is 0 Å². The number of para-hydroxylation sites is 1. The first-order chi connectivity index (χ1) is 13.8. The molecule has 0 spiro atoms. The zero-order chi connectivity index (χ0) is 21.0. The van der Waals surface area contributed by atoms with Gasteiger partial charge in [0.1, 0.15) is 11.6 Å². The number of oxazole rings is 1. The Morgan fingerprint density at radius 3 is 2.47 bits per heavy atom. The molecule has 0 aliphatic carbocycles. The van der Waals surface area contributed by atoms with Gasteiger partial charge >= 0.3 is 0 Å². The number of hydrogen-bond acceptors (Lipinski definition) is 5. The molecule has 0 fully saturated rings. The number of halogens is 1. The maximum absolute atomic E-state index is 5.84. The summed E-state index contributed by atoms with van der Waals surface area (Å²) in [6.07, 6.45) is 1.79. The van der Waals surface area contributed by atoms with Crippen LogP contribution in [-0.2, 0) is 18.5 Å². The molecule has 0 aliphatic rings. The van der Waals surface area contributed by atoms with Crippen molar-refractivity contribution in [3.63, 3.8) is 0 Å². The van der Waals surface area contributed by atoms with Crippen LogP contribution in [0.4, 0.5) is 5.82 Å². The van der Waals surface area contributed by atoms with E-state index in [1.54, 1.807) is 13.2 Å². The van der Waals surface area contributed by atoms with E-state index in [9.17, 15) is 0 Å². The number of rotatable bonds is 5. The molecule has 2 N–H and O–H groups in total. The van der Waals surface area contributed by atoms with Gasteiger partial charge in [-0.15, -0.1) is 24.0 Å². The standard InChI is InChI=1S/C22H30N6O.HI/c1-22(2,3)18-13-24-20(29-18)14-26-21(23-4)25-12-15-11-19(28(5)6)27-17-10-8-7-9-16(15)17;/h7-11,13H,12,14H2,1-6H3,(H2,23,25,26);1H. The number of hydrogen-bond donors (Lipinski definition) is 2. The van der Waals surface area contributed by atoms with Gasteiger partial charge in [-0.3, -0.25) is 4.99 Å². The maximum atomic E-state index is 5.84. The van der Waals surface area contributed by atoms with Crippen LogP contribution in [0.3, 0.4) is 0 Å². The predicted octanol–water partition coefficient (Wildman–Crippen LogP) is 4.07. The average molecular weight is 522 g/mol. The summed E-state index contributed by atoms with van der Waals surface area (Å²) in [7, 11) is 5.75. The minimum absolute atomic E-state index is 0. The van der Waals surface area contributed by atoms with Gasteiger partial charge in [-0.05, 0) is 17.7 Å². The largest absolute Gasteiger partial charge is 0.443 e. The first kappa shape index (κ1) is 23.9. The van der Waals surface area contributed by atoms with Crippen molar-refractivity contribution in [3.05, 3.63) is 53.7 Å². The fourth-order valence-corrected chi connectivity index (χ4v) is 2.90. The molecule has 1 aromatic carbocycles. The first-order valence-corrected chi connectivity index (χ1v) is 9.73. The molecule has 0 unspecified atom stereocenters. The van der Waals surface area contributed by atoms with Gasteiger partial charge in [0, 0.05) is 38.5 Å². The Morgan fingerprint density at radius 1 is 1.13 bits per heavy atom. The topological polar surface area (TPSA) is 78.6 Å². The Kier molecular flexibility index (Phi) is 8.05. The summed E-state index contributed by atoms with van der Waals surface area (Å²) in [5, 5.41) is 7.77. The average Bonchev–Trinajstić information content (AvgIpc) is 3.17. The van der Waals surface area contributed by atoms with E-state index in [4.69, 9.17) is 9.40 Å². The molecule has 0 amide bonds. The summed E-state index contributed by atoms with van der Waals surface area (Å²) in [4.78, 5) is 15.4. The zero-order valence-electron chi connectivity index (χ0n) is 18.5. The maximum Gasteiger partial charge on any atom is 0.213 e. The molecule has 0 radical (unpaired) electrons. The second-order valence-corrected chi connectivity index (χ2v) is 8.20. The number of pyridine rings is 1. The number of guanidine groups is 1. The molecule has 162 valence electrons. The van der Waals surface area contributed by atoms with Crippen molar-refractivity contribution in [3.8, 4) is 0 Å². The van der Waals surface area contributed by atoms with Gasteiger partial charge in [0.15, 0.2) is 5.96 Å². The Hall–Kier alpha value is -2.36. The quantitative estimate of drug-likeness (QED) is 0.299. The molecular weight excluding hydrogens is 491 g/mol. The van der Waals surface area contributed by atoms with E-state index < -0.39 is 0 Å². The molecule has 2 aromatic heterocycles. The Morgan fingerprint density at radius 2 is 1.83 bits per heavy atom. The van der Waals surface area contributed by atoms with Crippen LogP contribution < -0.4 is 15.5 Å². The normalized spacial score (nSPS) is 11.9. The number of benzene rings is 1. The van der Waals surface area contributed by atoms with Crippen LogP contribution in [0, 0.1) is 0 Å². The molecule has 0 aliphatic heterocycles. The second-order valence-electron chi connectivity index (χ2n) is 8.20. The number of aliphatic imine (C=N–C) groups is 1. The lowest BCUT2D eigenvalue weighted by Crippen LogP contribution is -2.36. The SMILES string of the molecule is CN=C(NCc1ncc(C(C)(C)C)o1)NCc1cc(N(C)C)nc2ccccc12.I. The third-order valence-electron chi connectivity index (χ3n) is 4.62. The van der Waals surface area contributed by atoms with Gasteiger partial charge in [0.2, 0.25) is 5.89 Å². The third kappa shape index (κ3) is 5.84. The lowest BCUT2D eigenvalue weighted by Gasteiger charge is -2.16. The number of fused-ring (bicyclic) bond motifs is 1. The highest BCUT2D eigenvalue weighted by Gasteiger charge is 2.19. The van der Waals surface area contributed by atoms with Gasteiger partial charge in [0.25, 0.3) is 0 Å². The highest BCUT2D eigenvalue weighted by molar-refractivity contribution is 14.0. The minimum Gasteiger partial charge on any atom is -0.443 e. The molecule has 30 heavy (non-hydrogen) atoms. The van der Waals surface area contributed by atoms with Crippen LogP contribution in [0.2, 0.25) is 0 Å². The van der Waals surface area contributed by atoms with Crippen LogP contribution in [0.1, 0.15) is 38.0 Å². The van der Waals surface area contributed by atoms with Crippen molar-refractivity contribution >= 4 is 46.7 Å².